The van der Waals surface area contributed by atoms with E-state index in [1.807, 2.05) is 13.0 Å². The number of carboxylic acid groups (broad SMARTS) is 1. The minimum absolute atomic E-state index is 0.0210. The third kappa shape index (κ3) is 4.19. The van der Waals surface area contributed by atoms with Crippen LogP contribution in [0.4, 0.5) is 0 Å². The number of carbonyl (C=O) groups is 4. The highest BCUT2D eigenvalue weighted by Gasteiger charge is 2.68. The number of Topliss-reactive ketones (excluding diaryl/α,β-unsaturated/α-hetero) is 1. The lowest BCUT2D eigenvalue weighted by atomic mass is 9.45. The van der Waals surface area contributed by atoms with Crippen molar-refractivity contribution in [1.29, 1.82) is 0 Å². The van der Waals surface area contributed by atoms with Gasteiger partial charge in [0.05, 0.1) is 17.9 Å². The van der Waals surface area contributed by atoms with Gasteiger partial charge in [-0.1, -0.05) is 46.3 Å². The van der Waals surface area contributed by atoms with Gasteiger partial charge in [-0.05, 0) is 68.4 Å². The van der Waals surface area contributed by atoms with Gasteiger partial charge in [-0.25, -0.2) is 0 Å². The van der Waals surface area contributed by atoms with Gasteiger partial charge in [0, 0.05) is 16.7 Å². The summed E-state index contributed by atoms with van der Waals surface area (Å²) in [5.41, 5.74) is -2.09. The number of carbonyl (C=O) groups excluding carboxylic acids is 3. The first-order valence-electron chi connectivity index (χ1n) is 14.0. The Morgan fingerprint density at radius 1 is 1.16 bits per heavy atom. The molecule has 3 N–H and O–H groups in total. The zero-order valence-corrected chi connectivity index (χ0v) is 23.1. The maximum atomic E-state index is 13.5. The van der Waals surface area contributed by atoms with E-state index in [0.717, 1.165) is 12.0 Å². The van der Waals surface area contributed by atoms with E-state index in [4.69, 9.17) is 4.74 Å². The molecule has 0 radical (unpaired) electrons. The Morgan fingerprint density at radius 3 is 2.42 bits per heavy atom. The van der Waals surface area contributed by atoms with Gasteiger partial charge in [0.1, 0.15) is 5.60 Å². The standard InChI is InChI=1S/C30H42O8/c1-6-18(26(34)35)19(7-2)27(36)38-15-24(33)30(37)11-9-21-20-12-16(3)22-13-17(31)8-10-28(22,4)25(20)23(32)14-29(21,30)5/h8,10,13,16,18-21,23,25,32,37H,6-7,9,11-12,14-15H2,1-5H3,(H,34,35)/t16-,18?,19?,20-,21-,23-,25?,28-,29-,30-/m0/s1. The van der Waals surface area contributed by atoms with Crippen molar-refractivity contribution in [2.75, 3.05) is 6.61 Å². The van der Waals surface area contributed by atoms with Crippen LogP contribution in [0.2, 0.25) is 0 Å². The van der Waals surface area contributed by atoms with Crippen molar-refractivity contribution in [3.8, 4) is 0 Å². The van der Waals surface area contributed by atoms with Crippen LogP contribution in [0, 0.1) is 46.3 Å². The predicted molar refractivity (Wildman–Crippen MR) is 139 cm³/mol. The number of aliphatic hydroxyl groups excluding tert-OH is 1. The molecule has 0 saturated heterocycles. The summed E-state index contributed by atoms with van der Waals surface area (Å²) in [6.07, 6.45) is 6.78. The summed E-state index contributed by atoms with van der Waals surface area (Å²) in [5, 5.41) is 32.9. The zero-order chi connectivity index (χ0) is 28.2. The van der Waals surface area contributed by atoms with Crippen LogP contribution in [0.5, 0.6) is 0 Å². The molecule has 10 atom stereocenters. The maximum Gasteiger partial charge on any atom is 0.310 e. The number of carboxylic acids is 1. The summed E-state index contributed by atoms with van der Waals surface area (Å²) in [6.45, 7) is 8.82. The van der Waals surface area contributed by atoms with Crippen LogP contribution in [0.1, 0.15) is 73.1 Å². The van der Waals surface area contributed by atoms with Crippen LogP contribution in [0.25, 0.3) is 0 Å². The van der Waals surface area contributed by atoms with Gasteiger partial charge in [-0.15, -0.1) is 0 Å². The SMILES string of the molecule is CCC(C(=O)O)C(CC)C(=O)OCC(=O)[C@@]1(O)CC[C@H]2[C@@H]3C[C@H](C)C4=CC(=O)C=C[C@]4(C)C3[C@@H](O)C[C@@]21C. The average molecular weight is 531 g/mol. The minimum Gasteiger partial charge on any atom is -0.481 e. The second-order valence-electron chi connectivity index (χ2n) is 12.5. The lowest BCUT2D eigenvalue weighted by molar-refractivity contribution is -0.183. The highest BCUT2D eigenvalue weighted by molar-refractivity contribution is 6.01. The quantitative estimate of drug-likeness (QED) is 0.406. The third-order valence-electron chi connectivity index (χ3n) is 10.8. The summed E-state index contributed by atoms with van der Waals surface area (Å²) in [6, 6.07) is 0. The van der Waals surface area contributed by atoms with Crippen molar-refractivity contribution < 1.29 is 39.2 Å². The molecule has 0 heterocycles. The number of ether oxygens (including phenoxy) is 1. The summed E-state index contributed by atoms with van der Waals surface area (Å²) in [5.74, 6) is -4.20. The molecular formula is C30H42O8. The molecule has 4 aliphatic rings. The number of hydrogen-bond donors (Lipinski definition) is 3. The first-order valence-corrected chi connectivity index (χ1v) is 14.0. The van der Waals surface area contributed by atoms with E-state index in [1.54, 1.807) is 26.0 Å². The summed E-state index contributed by atoms with van der Waals surface area (Å²) in [4.78, 5) is 49.9. The van der Waals surface area contributed by atoms with E-state index in [2.05, 4.69) is 13.8 Å². The number of aliphatic hydroxyl groups is 2. The Bertz CT molecular complexity index is 1080. The fourth-order valence-electron chi connectivity index (χ4n) is 8.82. The van der Waals surface area contributed by atoms with Gasteiger partial charge in [-0.3, -0.25) is 19.2 Å². The summed E-state index contributed by atoms with van der Waals surface area (Å²) >= 11 is 0. The highest BCUT2D eigenvalue weighted by atomic mass is 16.5. The van der Waals surface area contributed by atoms with Crippen LogP contribution in [0.3, 0.4) is 0 Å². The van der Waals surface area contributed by atoms with E-state index in [1.165, 1.54) is 0 Å². The Labute approximate surface area is 224 Å². The van der Waals surface area contributed by atoms with Crippen molar-refractivity contribution in [1.82, 2.24) is 0 Å². The van der Waals surface area contributed by atoms with Crippen LogP contribution in [0.15, 0.2) is 23.8 Å². The molecule has 3 unspecified atom stereocenters. The molecule has 4 rings (SSSR count). The van der Waals surface area contributed by atoms with Crippen molar-refractivity contribution in [2.24, 2.45) is 46.3 Å². The number of rotatable bonds is 8. The molecule has 38 heavy (non-hydrogen) atoms. The summed E-state index contributed by atoms with van der Waals surface area (Å²) < 4.78 is 5.32. The van der Waals surface area contributed by atoms with Gasteiger partial charge in [-0.2, -0.15) is 0 Å². The average Bonchev–Trinajstić information content (AvgIpc) is 3.12. The van der Waals surface area contributed by atoms with E-state index in [9.17, 15) is 34.5 Å². The molecular weight excluding hydrogens is 488 g/mol. The fraction of sp³-hybridized carbons (Fsp3) is 0.733. The van der Waals surface area contributed by atoms with Crippen molar-refractivity contribution in [2.45, 2.75) is 84.8 Å². The lowest BCUT2D eigenvalue weighted by Gasteiger charge is -2.60. The maximum absolute atomic E-state index is 13.5. The molecule has 0 aromatic rings. The Hall–Kier alpha value is -2.32. The summed E-state index contributed by atoms with van der Waals surface area (Å²) in [7, 11) is 0. The number of hydrogen-bond acceptors (Lipinski definition) is 7. The van der Waals surface area contributed by atoms with Crippen molar-refractivity contribution in [3.63, 3.8) is 0 Å². The largest absolute Gasteiger partial charge is 0.481 e. The van der Waals surface area contributed by atoms with E-state index < -0.39 is 58.7 Å². The molecule has 3 fully saturated rings. The molecule has 0 bridgehead atoms. The number of ketones is 2. The second-order valence-corrected chi connectivity index (χ2v) is 12.5. The lowest BCUT2D eigenvalue weighted by Crippen LogP contribution is -2.62. The van der Waals surface area contributed by atoms with Gasteiger partial charge in [0.25, 0.3) is 0 Å². The van der Waals surface area contributed by atoms with Gasteiger partial charge in [0.15, 0.2) is 12.4 Å². The van der Waals surface area contributed by atoms with Crippen molar-refractivity contribution >= 4 is 23.5 Å². The Morgan fingerprint density at radius 2 is 1.82 bits per heavy atom. The van der Waals surface area contributed by atoms with E-state index in [-0.39, 0.29) is 55.1 Å². The monoisotopic (exact) mass is 530 g/mol. The highest BCUT2D eigenvalue weighted by Crippen LogP contribution is 2.67. The van der Waals surface area contributed by atoms with Gasteiger partial charge in [0.2, 0.25) is 5.78 Å². The van der Waals surface area contributed by atoms with Crippen LogP contribution < -0.4 is 0 Å². The molecule has 0 spiro atoms. The first-order chi connectivity index (χ1) is 17.7. The fourth-order valence-corrected chi connectivity index (χ4v) is 8.82. The molecule has 8 heteroatoms. The predicted octanol–water partition coefficient (Wildman–Crippen LogP) is 3.49. The number of allylic oxidation sites excluding steroid dienone is 4. The van der Waals surface area contributed by atoms with E-state index in [0.29, 0.717) is 6.42 Å². The van der Waals surface area contributed by atoms with Crippen LogP contribution >= 0.6 is 0 Å². The van der Waals surface area contributed by atoms with Crippen LogP contribution in [-0.2, 0) is 23.9 Å². The Kier molecular flexibility index (Phi) is 7.56. The van der Waals surface area contributed by atoms with Gasteiger partial charge < -0.3 is 20.1 Å². The zero-order valence-electron chi connectivity index (χ0n) is 23.1. The third-order valence-corrected chi connectivity index (χ3v) is 10.8. The first kappa shape index (κ1) is 28.7. The minimum atomic E-state index is -1.76. The van der Waals surface area contributed by atoms with Gasteiger partial charge >= 0.3 is 11.9 Å². The van der Waals surface area contributed by atoms with Crippen LogP contribution in [-0.4, -0.2) is 57.1 Å². The molecule has 210 valence electrons. The number of aliphatic carboxylic acids is 1. The topological polar surface area (TPSA) is 138 Å². The van der Waals surface area contributed by atoms with E-state index >= 15 is 0 Å². The molecule has 0 aromatic heterocycles. The second kappa shape index (κ2) is 10.0. The molecule has 0 aromatic carbocycles. The van der Waals surface area contributed by atoms with Crippen molar-refractivity contribution in [3.05, 3.63) is 23.8 Å². The molecule has 0 amide bonds. The number of fused-ring (bicyclic) bond motifs is 5. The molecule has 3 saturated carbocycles. The Balaban J connectivity index is 1.55. The number of esters is 1. The molecule has 4 aliphatic carbocycles. The molecule has 8 nitrogen and oxygen atoms in total. The normalized spacial score (nSPS) is 41.3. The smallest absolute Gasteiger partial charge is 0.310 e. The molecule has 0 aliphatic heterocycles.